The summed E-state index contributed by atoms with van der Waals surface area (Å²) in [4.78, 5) is 10.6. The first-order chi connectivity index (χ1) is 9.76. The third kappa shape index (κ3) is 3.05. The topological polar surface area (TPSA) is 37.8 Å². The molecule has 0 bridgehead atoms. The molecule has 0 atom stereocenters. The molecule has 1 aromatic heterocycles. The van der Waals surface area contributed by atoms with Gasteiger partial charge >= 0.3 is 0 Å². The second kappa shape index (κ2) is 6.24. The summed E-state index contributed by atoms with van der Waals surface area (Å²) in [7, 11) is 0. The first kappa shape index (κ1) is 14.0. The normalized spacial score (nSPS) is 13.5. The Morgan fingerprint density at radius 1 is 1.30 bits per heavy atom. The SMILES string of the molecule is CCc1nc(CSc2cccc(Br)c2)nc2c1CNC2. The molecule has 0 saturated carbocycles. The van der Waals surface area contributed by atoms with Crippen molar-refractivity contribution < 1.29 is 0 Å². The molecule has 1 aromatic carbocycles. The van der Waals surface area contributed by atoms with Crippen molar-refractivity contribution >= 4 is 27.7 Å². The zero-order chi connectivity index (χ0) is 13.9. The van der Waals surface area contributed by atoms with Crippen LogP contribution in [0.4, 0.5) is 0 Å². The smallest absolute Gasteiger partial charge is 0.139 e. The van der Waals surface area contributed by atoms with E-state index >= 15 is 0 Å². The number of fused-ring (bicyclic) bond motifs is 1. The molecule has 0 spiro atoms. The van der Waals surface area contributed by atoms with Crippen LogP contribution in [-0.4, -0.2) is 9.97 Å². The minimum Gasteiger partial charge on any atom is -0.307 e. The number of nitrogens with zero attached hydrogens (tertiary/aromatic N) is 2. The summed E-state index contributed by atoms with van der Waals surface area (Å²) in [6, 6.07) is 8.33. The van der Waals surface area contributed by atoms with Crippen LogP contribution in [0.15, 0.2) is 33.6 Å². The fourth-order valence-corrected chi connectivity index (χ4v) is 3.72. The first-order valence-electron chi connectivity index (χ1n) is 6.73. The third-order valence-electron chi connectivity index (χ3n) is 3.32. The maximum atomic E-state index is 4.72. The summed E-state index contributed by atoms with van der Waals surface area (Å²) in [6.45, 7) is 3.95. The van der Waals surface area contributed by atoms with Gasteiger partial charge in [0.05, 0.1) is 11.4 Å². The molecular formula is C15H16BrN3S. The van der Waals surface area contributed by atoms with Crippen LogP contribution in [-0.2, 0) is 25.3 Å². The lowest BCUT2D eigenvalue weighted by Crippen LogP contribution is -2.04. The highest BCUT2D eigenvalue weighted by Crippen LogP contribution is 2.25. The van der Waals surface area contributed by atoms with E-state index in [9.17, 15) is 0 Å². The maximum Gasteiger partial charge on any atom is 0.139 e. The van der Waals surface area contributed by atoms with Crippen LogP contribution in [0.5, 0.6) is 0 Å². The molecule has 0 aliphatic carbocycles. The molecule has 104 valence electrons. The van der Waals surface area contributed by atoms with Crippen molar-refractivity contribution in [1.82, 2.24) is 15.3 Å². The van der Waals surface area contributed by atoms with Gasteiger partial charge in [0.1, 0.15) is 5.82 Å². The van der Waals surface area contributed by atoms with Crippen LogP contribution in [0, 0.1) is 0 Å². The minimum absolute atomic E-state index is 0.816. The predicted molar refractivity (Wildman–Crippen MR) is 85.7 cm³/mol. The number of nitrogens with one attached hydrogen (secondary N) is 1. The van der Waals surface area contributed by atoms with Gasteiger partial charge in [-0.15, -0.1) is 11.8 Å². The van der Waals surface area contributed by atoms with Gasteiger partial charge in [0.2, 0.25) is 0 Å². The van der Waals surface area contributed by atoms with Crippen LogP contribution in [0.1, 0.15) is 29.7 Å². The average molecular weight is 350 g/mol. The van der Waals surface area contributed by atoms with E-state index in [0.29, 0.717) is 0 Å². The Hall–Kier alpha value is -0.910. The summed E-state index contributed by atoms with van der Waals surface area (Å²) >= 11 is 5.28. The zero-order valence-electron chi connectivity index (χ0n) is 11.3. The van der Waals surface area contributed by atoms with Gasteiger partial charge in [-0.25, -0.2) is 9.97 Å². The highest BCUT2D eigenvalue weighted by molar-refractivity contribution is 9.10. The highest BCUT2D eigenvalue weighted by Gasteiger charge is 2.17. The number of aromatic nitrogens is 2. The van der Waals surface area contributed by atoms with Gasteiger partial charge < -0.3 is 5.32 Å². The molecule has 0 saturated heterocycles. The van der Waals surface area contributed by atoms with Crippen LogP contribution < -0.4 is 5.32 Å². The number of thioether (sulfide) groups is 1. The van der Waals surface area contributed by atoms with Gasteiger partial charge in [0, 0.05) is 33.7 Å². The molecule has 0 unspecified atom stereocenters. The van der Waals surface area contributed by atoms with Crippen LogP contribution in [0.2, 0.25) is 0 Å². The summed E-state index contributed by atoms with van der Waals surface area (Å²) in [5, 5.41) is 3.36. The average Bonchev–Trinajstić information content (AvgIpc) is 2.92. The second-order valence-electron chi connectivity index (χ2n) is 4.71. The number of halogens is 1. The maximum absolute atomic E-state index is 4.72. The van der Waals surface area contributed by atoms with Crippen molar-refractivity contribution in [2.75, 3.05) is 0 Å². The van der Waals surface area contributed by atoms with Crippen molar-refractivity contribution in [2.45, 2.75) is 37.1 Å². The van der Waals surface area contributed by atoms with E-state index < -0.39 is 0 Å². The van der Waals surface area contributed by atoms with Crippen molar-refractivity contribution in [3.8, 4) is 0 Å². The lowest BCUT2D eigenvalue weighted by Gasteiger charge is -2.08. The Morgan fingerprint density at radius 3 is 3.00 bits per heavy atom. The largest absolute Gasteiger partial charge is 0.307 e. The third-order valence-corrected chi connectivity index (χ3v) is 4.80. The minimum atomic E-state index is 0.816. The number of aryl methyl sites for hydroxylation is 1. The number of benzene rings is 1. The standard InChI is InChI=1S/C15H16BrN3S/c1-2-13-12-7-17-8-14(12)19-15(18-13)9-20-11-5-3-4-10(16)6-11/h3-6,17H,2,7-9H2,1H3. The molecule has 0 amide bonds. The van der Waals surface area contributed by atoms with Gasteiger partial charge in [0.15, 0.2) is 0 Å². The molecule has 0 radical (unpaired) electrons. The zero-order valence-corrected chi connectivity index (χ0v) is 13.7. The Morgan fingerprint density at radius 2 is 2.20 bits per heavy atom. The van der Waals surface area contributed by atoms with Crippen molar-refractivity contribution in [1.29, 1.82) is 0 Å². The Balaban J connectivity index is 1.78. The molecular weight excluding hydrogens is 334 g/mol. The molecule has 1 N–H and O–H groups in total. The van der Waals surface area contributed by atoms with Gasteiger partial charge in [-0.1, -0.05) is 28.9 Å². The molecule has 20 heavy (non-hydrogen) atoms. The van der Waals surface area contributed by atoms with E-state index in [0.717, 1.165) is 35.6 Å². The summed E-state index contributed by atoms with van der Waals surface area (Å²) in [5.41, 5.74) is 3.69. The van der Waals surface area contributed by atoms with Crippen molar-refractivity contribution in [3.05, 3.63) is 51.5 Å². The van der Waals surface area contributed by atoms with Crippen LogP contribution in [0.3, 0.4) is 0 Å². The predicted octanol–water partition coefficient (Wildman–Crippen LogP) is 3.70. The highest BCUT2D eigenvalue weighted by atomic mass is 79.9. The van der Waals surface area contributed by atoms with Crippen LogP contribution in [0.25, 0.3) is 0 Å². The van der Waals surface area contributed by atoms with E-state index in [1.165, 1.54) is 21.8 Å². The van der Waals surface area contributed by atoms with Gasteiger partial charge in [-0.2, -0.15) is 0 Å². The molecule has 2 aromatic rings. The summed E-state index contributed by atoms with van der Waals surface area (Å²) < 4.78 is 1.11. The molecule has 1 aliphatic rings. The number of hydrogen-bond donors (Lipinski definition) is 1. The fraction of sp³-hybridized carbons (Fsp3) is 0.333. The molecule has 3 rings (SSSR count). The Kier molecular flexibility index (Phi) is 4.38. The lowest BCUT2D eigenvalue weighted by atomic mass is 10.1. The van der Waals surface area contributed by atoms with Gasteiger partial charge in [0.25, 0.3) is 0 Å². The molecule has 3 nitrogen and oxygen atoms in total. The first-order valence-corrected chi connectivity index (χ1v) is 8.50. The quantitative estimate of drug-likeness (QED) is 0.854. The van der Waals surface area contributed by atoms with Crippen molar-refractivity contribution in [3.63, 3.8) is 0 Å². The molecule has 5 heteroatoms. The second-order valence-corrected chi connectivity index (χ2v) is 6.68. The molecule has 2 heterocycles. The van der Waals surface area contributed by atoms with Crippen molar-refractivity contribution in [2.24, 2.45) is 0 Å². The van der Waals surface area contributed by atoms with Gasteiger partial charge in [-0.05, 0) is 24.6 Å². The Bertz CT molecular complexity index is 631. The van der Waals surface area contributed by atoms with E-state index in [4.69, 9.17) is 9.97 Å². The van der Waals surface area contributed by atoms with E-state index in [1.807, 2.05) is 6.07 Å². The lowest BCUT2D eigenvalue weighted by molar-refractivity contribution is 0.755. The molecule has 0 fully saturated rings. The Labute approximate surface area is 131 Å². The fourth-order valence-electron chi connectivity index (χ4n) is 2.36. The monoisotopic (exact) mass is 349 g/mol. The van der Waals surface area contributed by atoms with E-state index in [1.54, 1.807) is 11.8 Å². The van der Waals surface area contributed by atoms with Crippen LogP contribution >= 0.6 is 27.7 Å². The van der Waals surface area contributed by atoms with Gasteiger partial charge in [-0.3, -0.25) is 0 Å². The summed E-state index contributed by atoms with van der Waals surface area (Å²) in [5.74, 6) is 1.76. The van der Waals surface area contributed by atoms with E-state index in [-0.39, 0.29) is 0 Å². The number of rotatable bonds is 4. The number of hydrogen-bond acceptors (Lipinski definition) is 4. The van der Waals surface area contributed by atoms with E-state index in [2.05, 4.69) is 46.4 Å². The molecule has 1 aliphatic heterocycles. The summed E-state index contributed by atoms with van der Waals surface area (Å²) in [6.07, 6.45) is 0.973.